The first kappa shape index (κ1) is 14.7. The molecule has 0 N–H and O–H groups in total. The molecule has 1 heterocycles. The molecule has 0 radical (unpaired) electrons. The maximum absolute atomic E-state index is 5.87. The van der Waals surface area contributed by atoms with Crippen LogP contribution in [0, 0.1) is 0 Å². The Morgan fingerprint density at radius 2 is 1.43 bits per heavy atom. The van der Waals surface area contributed by atoms with Gasteiger partial charge in [0.05, 0.1) is 0 Å². The predicted molar refractivity (Wildman–Crippen MR) is 91.5 cm³/mol. The standard InChI is InChI=1S/C19H23OS/c1-3-8-17(9-4-1)14-21(16-19-12-7-13-20-19)15-18-10-5-2-6-11-18/h1-6,8-11,19H,7,12-16H2/q+1. The summed E-state index contributed by atoms with van der Waals surface area (Å²) in [5.74, 6) is 3.56. The highest BCUT2D eigenvalue weighted by molar-refractivity contribution is 7.95. The molecule has 0 bridgehead atoms. The zero-order valence-electron chi connectivity index (χ0n) is 12.4. The Hall–Kier alpha value is -1.25. The van der Waals surface area contributed by atoms with Gasteiger partial charge in [0.15, 0.2) is 0 Å². The molecular formula is C19H23OS+. The van der Waals surface area contributed by atoms with Gasteiger partial charge in [-0.25, -0.2) is 0 Å². The zero-order valence-corrected chi connectivity index (χ0v) is 13.2. The molecule has 2 aromatic carbocycles. The van der Waals surface area contributed by atoms with Crippen LogP contribution in [-0.4, -0.2) is 18.5 Å². The van der Waals surface area contributed by atoms with Crippen molar-refractivity contribution in [2.75, 3.05) is 12.4 Å². The second-order valence-electron chi connectivity index (χ2n) is 5.67. The molecule has 1 nitrogen and oxygen atoms in total. The molecule has 0 amide bonds. The summed E-state index contributed by atoms with van der Waals surface area (Å²) in [6, 6.07) is 21.8. The summed E-state index contributed by atoms with van der Waals surface area (Å²) < 4.78 is 5.87. The lowest BCUT2D eigenvalue weighted by Gasteiger charge is -2.13. The molecule has 0 saturated carbocycles. The fourth-order valence-electron chi connectivity index (χ4n) is 2.83. The largest absolute Gasteiger partial charge is 0.373 e. The SMILES string of the molecule is c1ccc(C[S+](Cc2ccccc2)CC2CCCO2)cc1. The minimum absolute atomic E-state index is 0.359. The average Bonchev–Trinajstić information content (AvgIpc) is 3.02. The number of hydrogen-bond donors (Lipinski definition) is 0. The van der Waals surface area contributed by atoms with Crippen LogP contribution < -0.4 is 0 Å². The Labute approximate surface area is 130 Å². The fourth-order valence-corrected chi connectivity index (χ4v) is 5.28. The zero-order chi connectivity index (χ0) is 14.3. The van der Waals surface area contributed by atoms with E-state index in [0.29, 0.717) is 17.0 Å². The van der Waals surface area contributed by atoms with Crippen molar-refractivity contribution in [3.05, 3.63) is 71.8 Å². The Kier molecular flexibility index (Phi) is 5.36. The van der Waals surface area contributed by atoms with Crippen molar-refractivity contribution < 1.29 is 4.74 Å². The molecule has 1 aliphatic rings. The van der Waals surface area contributed by atoms with Crippen molar-refractivity contribution >= 4 is 10.9 Å². The van der Waals surface area contributed by atoms with Gasteiger partial charge in [-0.3, -0.25) is 0 Å². The third kappa shape index (κ3) is 4.62. The highest BCUT2D eigenvalue weighted by atomic mass is 32.2. The van der Waals surface area contributed by atoms with Crippen LogP contribution in [0.1, 0.15) is 24.0 Å². The molecule has 2 heteroatoms. The van der Waals surface area contributed by atoms with E-state index < -0.39 is 0 Å². The Morgan fingerprint density at radius 1 is 0.857 bits per heavy atom. The Balaban J connectivity index is 1.67. The summed E-state index contributed by atoms with van der Waals surface area (Å²) in [6.07, 6.45) is 2.96. The second kappa shape index (κ2) is 7.67. The molecule has 1 fully saturated rings. The summed E-state index contributed by atoms with van der Waals surface area (Å²) in [5.41, 5.74) is 2.91. The highest BCUT2D eigenvalue weighted by Crippen LogP contribution is 2.21. The van der Waals surface area contributed by atoms with E-state index in [0.717, 1.165) is 6.61 Å². The van der Waals surface area contributed by atoms with Crippen LogP contribution in [0.15, 0.2) is 60.7 Å². The molecule has 1 unspecified atom stereocenters. The van der Waals surface area contributed by atoms with Crippen molar-refractivity contribution in [3.8, 4) is 0 Å². The van der Waals surface area contributed by atoms with Crippen LogP contribution >= 0.6 is 0 Å². The Bertz CT molecular complexity index is 478. The van der Waals surface area contributed by atoms with E-state index >= 15 is 0 Å². The predicted octanol–water partition coefficient (Wildman–Crippen LogP) is 4.18. The summed E-state index contributed by atoms with van der Waals surface area (Å²) >= 11 is 0. The van der Waals surface area contributed by atoms with E-state index in [1.807, 2.05) is 0 Å². The first-order chi connectivity index (χ1) is 10.4. The number of hydrogen-bond acceptors (Lipinski definition) is 1. The molecule has 1 atom stereocenters. The van der Waals surface area contributed by atoms with Gasteiger partial charge in [0.1, 0.15) is 23.4 Å². The van der Waals surface area contributed by atoms with E-state index in [9.17, 15) is 0 Å². The average molecular weight is 299 g/mol. The molecular weight excluding hydrogens is 276 g/mol. The van der Waals surface area contributed by atoms with Gasteiger partial charge in [-0.15, -0.1) is 0 Å². The van der Waals surface area contributed by atoms with E-state index in [1.54, 1.807) is 0 Å². The minimum atomic E-state index is 0.359. The van der Waals surface area contributed by atoms with Crippen LogP contribution in [0.3, 0.4) is 0 Å². The third-order valence-electron chi connectivity index (χ3n) is 3.87. The van der Waals surface area contributed by atoms with Crippen molar-refractivity contribution in [2.45, 2.75) is 30.5 Å². The lowest BCUT2D eigenvalue weighted by atomic mass is 10.2. The first-order valence-electron chi connectivity index (χ1n) is 7.74. The quantitative estimate of drug-likeness (QED) is 0.727. The van der Waals surface area contributed by atoms with Crippen molar-refractivity contribution in [1.82, 2.24) is 0 Å². The second-order valence-corrected chi connectivity index (χ2v) is 7.81. The van der Waals surface area contributed by atoms with Gasteiger partial charge in [-0.1, -0.05) is 60.7 Å². The van der Waals surface area contributed by atoms with Gasteiger partial charge in [-0.05, 0) is 23.7 Å². The number of rotatable bonds is 6. The highest BCUT2D eigenvalue weighted by Gasteiger charge is 2.27. The molecule has 1 aliphatic heterocycles. The van der Waals surface area contributed by atoms with E-state index in [4.69, 9.17) is 4.74 Å². The van der Waals surface area contributed by atoms with Crippen LogP contribution in [0.5, 0.6) is 0 Å². The molecule has 21 heavy (non-hydrogen) atoms. The molecule has 0 spiro atoms. The minimum Gasteiger partial charge on any atom is -0.373 e. The van der Waals surface area contributed by atoms with Crippen molar-refractivity contribution in [3.63, 3.8) is 0 Å². The van der Waals surface area contributed by atoms with Crippen LogP contribution in [0.25, 0.3) is 0 Å². The summed E-state index contributed by atoms with van der Waals surface area (Å²) in [7, 11) is 0.359. The first-order valence-corrected chi connectivity index (χ1v) is 9.47. The summed E-state index contributed by atoms with van der Waals surface area (Å²) in [5, 5.41) is 0. The molecule has 1 saturated heterocycles. The summed E-state index contributed by atoms with van der Waals surface area (Å²) in [4.78, 5) is 0. The third-order valence-corrected chi connectivity index (χ3v) is 6.20. The molecule has 2 aromatic rings. The molecule has 3 rings (SSSR count). The van der Waals surface area contributed by atoms with Gasteiger partial charge in [0.2, 0.25) is 0 Å². The van der Waals surface area contributed by atoms with Crippen molar-refractivity contribution in [2.24, 2.45) is 0 Å². The topological polar surface area (TPSA) is 9.23 Å². The number of benzene rings is 2. The number of ether oxygens (including phenoxy) is 1. The van der Waals surface area contributed by atoms with Gasteiger partial charge >= 0.3 is 0 Å². The van der Waals surface area contributed by atoms with Crippen LogP contribution in [0.4, 0.5) is 0 Å². The lowest BCUT2D eigenvalue weighted by Crippen LogP contribution is -2.23. The monoisotopic (exact) mass is 299 g/mol. The molecule has 0 aromatic heterocycles. The maximum atomic E-state index is 5.87. The van der Waals surface area contributed by atoms with Crippen LogP contribution in [0.2, 0.25) is 0 Å². The normalized spacial score (nSPS) is 18.2. The molecule has 0 aliphatic carbocycles. The smallest absolute Gasteiger partial charge is 0.134 e. The van der Waals surface area contributed by atoms with Gasteiger partial charge < -0.3 is 4.74 Å². The van der Waals surface area contributed by atoms with Crippen LogP contribution in [-0.2, 0) is 27.1 Å². The maximum Gasteiger partial charge on any atom is 0.134 e. The van der Waals surface area contributed by atoms with Gasteiger partial charge in [0.25, 0.3) is 0 Å². The van der Waals surface area contributed by atoms with E-state index in [1.165, 1.54) is 41.2 Å². The van der Waals surface area contributed by atoms with E-state index in [-0.39, 0.29) is 0 Å². The van der Waals surface area contributed by atoms with Gasteiger partial charge in [0, 0.05) is 17.7 Å². The summed E-state index contributed by atoms with van der Waals surface area (Å²) in [6.45, 7) is 0.957. The Morgan fingerprint density at radius 3 is 1.90 bits per heavy atom. The van der Waals surface area contributed by atoms with Crippen molar-refractivity contribution in [1.29, 1.82) is 0 Å². The van der Waals surface area contributed by atoms with E-state index in [2.05, 4.69) is 60.7 Å². The molecule has 110 valence electrons. The van der Waals surface area contributed by atoms with Gasteiger partial charge in [-0.2, -0.15) is 0 Å². The fraction of sp³-hybridized carbons (Fsp3) is 0.368. The lowest BCUT2D eigenvalue weighted by molar-refractivity contribution is 0.128.